The van der Waals surface area contributed by atoms with E-state index in [-0.39, 0.29) is 6.04 Å². The van der Waals surface area contributed by atoms with Gasteiger partial charge in [0.1, 0.15) is 0 Å². The molecule has 1 aromatic carbocycles. The van der Waals surface area contributed by atoms with Gasteiger partial charge in [-0.2, -0.15) is 0 Å². The Labute approximate surface area is 121 Å². The predicted molar refractivity (Wildman–Crippen MR) is 83.7 cm³/mol. The topological polar surface area (TPSA) is 47.6 Å². The second kappa shape index (κ2) is 8.38. The van der Waals surface area contributed by atoms with E-state index in [9.17, 15) is 4.57 Å². The van der Waals surface area contributed by atoms with Crippen LogP contribution >= 0.6 is 7.75 Å². The minimum absolute atomic E-state index is 0.111. The first-order chi connectivity index (χ1) is 9.49. The van der Waals surface area contributed by atoms with Gasteiger partial charge in [0.15, 0.2) is 0 Å². The Morgan fingerprint density at radius 1 is 1.20 bits per heavy atom. The van der Waals surface area contributed by atoms with Crippen LogP contribution in [0.25, 0.3) is 6.08 Å². The lowest BCUT2D eigenvalue weighted by molar-refractivity contribution is 0.209. The molecule has 1 rings (SSSR count). The van der Waals surface area contributed by atoms with E-state index in [0.29, 0.717) is 13.2 Å². The normalized spacial score (nSPS) is 13.8. The molecule has 0 bridgehead atoms. The fourth-order valence-corrected chi connectivity index (χ4v) is 3.17. The summed E-state index contributed by atoms with van der Waals surface area (Å²) in [6.45, 7) is 8.24. The highest BCUT2D eigenvalue weighted by atomic mass is 31.2. The van der Waals surface area contributed by atoms with Crippen LogP contribution in [0.15, 0.2) is 30.3 Å². The SMILES string of the molecule is CCOP(=O)(NC(C)/C=C/c1ccc(C)cc1)OCC. The van der Waals surface area contributed by atoms with Crippen molar-refractivity contribution < 1.29 is 13.6 Å². The molecule has 0 aromatic heterocycles. The van der Waals surface area contributed by atoms with Crippen LogP contribution in [-0.4, -0.2) is 19.3 Å². The first kappa shape index (κ1) is 17.1. The van der Waals surface area contributed by atoms with E-state index in [4.69, 9.17) is 9.05 Å². The third kappa shape index (κ3) is 6.02. The van der Waals surface area contributed by atoms with E-state index in [0.717, 1.165) is 5.56 Å². The molecule has 0 spiro atoms. The van der Waals surface area contributed by atoms with Crippen LogP contribution in [-0.2, 0) is 13.6 Å². The van der Waals surface area contributed by atoms with E-state index in [1.54, 1.807) is 13.8 Å². The van der Waals surface area contributed by atoms with Crippen molar-refractivity contribution in [3.05, 3.63) is 41.5 Å². The fourth-order valence-electron chi connectivity index (χ4n) is 1.68. The summed E-state index contributed by atoms with van der Waals surface area (Å²) in [7, 11) is -3.21. The van der Waals surface area contributed by atoms with Crippen molar-refractivity contribution >= 4 is 13.8 Å². The van der Waals surface area contributed by atoms with Crippen molar-refractivity contribution in [3.8, 4) is 0 Å². The Hall–Kier alpha value is -0.930. The van der Waals surface area contributed by atoms with Gasteiger partial charge in [0.05, 0.1) is 13.2 Å². The first-order valence-electron chi connectivity index (χ1n) is 6.91. The third-order valence-electron chi connectivity index (χ3n) is 2.61. The summed E-state index contributed by atoms with van der Waals surface area (Å²) in [5, 5.41) is 2.90. The summed E-state index contributed by atoms with van der Waals surface area (Å²) in [5.41, 5.74) is 2.33. The molecule has 0 heterocycles. The molecule has 4 nitrogen and oxygen atoms in total. The Bertz CT molecular complexity index is 461. The van der Waals surface area contributed by atoms with Crippen molar-refractivity contribution in [3.63, 3.8) is 0 Å². The molecule has 5 heteroatoms. The zero-order chi connectivity index (χ0) is 15.0. The van der Waals surface area contributed by atoms with Gasteiger partial charge >= 0.3 is 7.75 Å². The van der Waals surface area contributed by atoms with E-state index in [1.165, 1.54) is 5.56 Å². The van der Waals surface area contributed by atoms with Crippen LogP contribution in [0.3, 0.4) is 0 Å². The smallest absolute Gasteiger partial charge is 0.297 e. The highest BCUT2D eigenvalue weighted by Crippen LogP contribution is 2.43. The maximum Gasteiger partial charge on any atom is 0.405 e. The lowest BCUT2D eigenvalue weighted by Crippen LogP contribution is -2.23. The second-order valence-corrected chi connectivity index (χ2v) is 6.29. The largest absolute Gasteiger partial charge is 0.405 e. The van der Waals surface area contributed by atoms with Gasteiger partial charge in [0.2, 0.25) is 0 Å². The monoisotopic (exact) mass is 297 g/mol. The zero-order valence-corrected chi connectivity index (χ0v) is 13.5. The number of rotatable bonds is 8. The molecule has 0 fully saturated rings. The molecule has 0 aliphatic heterocycles. The van der Waals surface area contributed by atoms with E-state index < -0.39 is 7.75 Å². The average Bonchev–Trinajstić information content (AvgIpc) is 2.38. The predicted octanol–water partition coefficient (Wildman–Crippen LogP) is 4.17. The summed E-state index contributed by atoms with van der Waals surface area (Å²) in [6.07, 6.45) is 3.93. The number of hydrogen-bond donors (Lipinski definition) is 1. The molecule has 0 saturated carbocycles. The quantitative estimate of drug-likeness (QED) is 0.732. The van der Waals surface area contributed by atoms with Gasteiger partial charge in [-0.25, -0.2) is 9.65 Å². The van der Waals surface area contributed by atoms with Gasteiger partial charge in [-0.15, -0.1) is 0 Å². The third-order valence-corrected chi connectivity index (χ3v) is 4.53. The molecular formula is C15H24NO3P. The number of aryl methyl sites for hydroxylation is 1. The minimum atomic E-state index is -3.21. The molecule has 0 saturated heterocycles. The maximum absolute atomic E-state index is 12.3. The van der Waals surface area contributed by atoms with Crippen LogP contribution in [0.1, 0.15) is 31.9 Å². The fraction of sp³-hybridized carbons (Fsp3) is 0.467. The summed E-state index contributed by atoms with van der Waals surface area (Å²) in [5.74, 6) is 0. The van der Waals surface area contributed by atoms with Gasteiger partial charge in [-0.3, -0.25) is 9.05 Å². The number of benzene rings is 1. The van der Waals surface area contributed by atoms with Crippen molar-refractivity contribution in [2.75, 3.05) is 13.2 Å². The van der Waals surface area contributed by atoms with Gasteiger partial charge in [0, 0.05) is 6.04 Å². The molecule has 1 unspecified atom stereocenters. The van der Waals surface area contributed by atoms with Crippen LogP contribution in [0.4, 0.5) is 0 Å². The zero-order valence-electron chi connectivity index (χ0n) is 12.6. The summed E-state index contributed by atoms with van der Waals surface area (Å²) >= 11 is 0. The van der Waals surface area contributed by atoms with E-state index in [1.807, 2.05) is 31.2 Å². The number of nitrogens with one attached hydrogen (secondary N) is 1. The standard InChI is InChI=1S/C15H24NO3P/c1-5-18-20(17,19-6-2)16-14(4)9-12-15-10-7-13(3)8-11-15/h7-12,14H,5-6H2,1-4H3,(H,16,17)/b12-9+. The van der Waals surface area contributed by atoms with Crippen LogP contribution < -0.4 is 5.09 Å². The molecule has 112 valence electrons. The Morgan fingerprint density at radius 2 is 1.75 bits per heavy atom. The molecular weight excluding hydrogens is 273 g/mol. The lowest BCUT2D eigenvalue weighted by Gasteiger charge is -2.20. The lowest BCUT2D eigenvalue weighted by atomic mass is 10.1. The molecule has 1 atom stereocenters. The van der Waals surface area contributed by atoms with Crippen LogP contribution in [0.5, 0.6) is 0 Å². The molecule has 0 aliphatic carbocycles. The number of hydrogen-bond acceptors (Lipinski definition) is 3. The molecule has 0 aliphatic rings. The highest BCUT2D eigenvalue weighted by molar-refractivity contribution is 7.51. The first-order valence-corrected chi connectivity index (χ1v) is 8.45. The Balaban J connectivity index is 2.63. The van der Waals surface area contributed by atoms with Crippen molar-refractivity contribution in [1.29, 1.82) is 0 Å². The molecule has 20 heavy (non-hydrogen) atoms. The maximum atomic E-state index is 12.3. The average molecular weight is 297 g/mol. The molecule has 1 N–H and O–H groups in total. The summed E-state index contributed by atoms with van der Waals surface area (Å²) < 4.78 is 22.7. The minimum Gasteiger partial charge on any atom is -0.297 e. The highest BCUT2D eigenvalue weighted by Gasteiger charge is 2.24. The van der Waals surface area contributed by atoms with Gasteiger partial charge in [-0.05, 0) is 33.3 Å². The molecule has 0 radical (unpaired) electrons. The van der Waals surface area contributed by atoms with Gasteiger partial charge in [0.25, 0.3) is 0 Å². The van der Waals surface area contributed by atoms with Crippen LogP contribution in [0, 0.1) is 6.92 Å². The molecule has 0 amide bonds. The Morgan fingerprint density at radius 3 is 2.25 bits per heavy atom. The molecule has 1 aromatic rings. The van der Waals surface area contributed by atoms with Crippen LogP contribution in [0.2, 0.25) is 0 Å². The van der Waals surface area contributed by atoms with E-state index in [2.05, 4.69) is 24.1 Å². The summed E-state index contributed by atoms with van der Waals surface area (Å²) in [4.78, 5) is 0. The van der Waals surface area contributed by atoms with Crippen molar-refractivity contribution in [1.82, 2.24) is 5.09 Å². The van der Waals surface area contributed by atoms with E-state index >= 15 is 0 Å². The van der Waals surface area contributed by atoms with Crippen molar-refractivity contribution in [2.45, 2.75) is 33.7 Å². The second-order valence-electron chi connectivity index (χ2n) is 4.52. The Kier molecular flexibility index (Phi) is 7.17. The van der Waals surface area contributed by atoms with Gasteiger partial charge in [-0.1, -0.05) is 42.0 Å². The summed E-state index contributed by atoms with van der Waals surface area (Å²) in [6, 6.07) is 8.10. The van der Waals surface area contributed by atoms with Crippen molar-refractivity contribution in [2.24, 2.45) is 0 Å². The van der Waals surface area contributed by atoms with Gasteiger partial charge < -0.3 is 0 Å².